The molecular formula is C17H20N2O2. The largest absolute Gasteiger partial charge is 0.486 e. The van der Waals surface area contributed by atoms with Crippen LogP contribution in [-0.4, -0.2) is 13.2 Å². The van der Waals surface area contributed by atoms with Crippen molar-refractivity contribution in [2.75, 3.05) is 13.2 Å². The van der Waals surface area contributed by atoms with Crippen molar-refractivity contribution in [1.82, 2.24) is 5.43 Å². The molecule has 3 N–H and O–H groups in total. The average molecular weight is 284 g/mol. The van der Waals surface area contributed by atoms with Gasteiger partial charge in [0.2, 0.25) is 0 Å². The molecule has 0 bridgehead atoms. The molecule has 2 aromatic carbocycles. The zero-order valence-electron chi connectivity index (χ0n) is 12.1. The van der Waals surface area contributed by atoms with Crippen molar-refractivity contribution in [3.05, 3.63) is 59.2 Å². The molecule has 0 aliphatic carbocycles. The second-order valence-corrected chi connectivity index (χ2v) is 5.06. The summed E-state index contributed by atoms with van der Waals surface area (Å²) in [6.07, 6.45) is 0.971. The number of ether oxygens (including phenoxy) is 2. The van der Waals surface area contributed by atoms with Crippen molar-refractivity contribution in [1.29, 1.82) is 0 Å². The Labute approximate surface area is 124 Å². The predicted molar refractivity (Wildman–Crippen MR) is 82.4 cm³/mol. The van der Waals surface area contributed by atoms with Gasteiger partial charge in [-0.2, -0.15) is 0 Å². The van der Waals surface area contributed by atoms with Crippen LogP contribution in [0, 0.1) is 0 Å². The third-order valence-electron chi connectivity index (χ3n) is 3.81. The molecule has 1 unspecified atom stereocenters. The van der Waals surface area contributed by atoms with Crippen LogP contribution in [0.1, 0.15) is 29.7 Å². The molecule has 0 amide bonds. The molecule has 0 aromatic heterocycles. The molecule has 1 aliphatic rings. The molecule has 21 heavy (non-hydrogen) atoms. The maximum atomic E-state index is 5.81. The molecule has 4 heteroatoms. The van der Waals surface area contributed by atoms with Gasteiger partial charge in [-0.05, 0) is 35.2 Å². The number of benzene rings is 2. The minimum Gasteiger partial charge on any atom is -0.486 e. The lowest BCUT2D eigenvalue weighted by molar-refractivity contribution is 0.171. The van der Waals surface area contributed by atoms with Gasteiger partial charge in [0.05, 0.1) is 6.04 Å². The summed E-state index contributed by atoms with van der Waals surface area (Å²) in [7, 11) is 0. The number of hydrogen-bond acceptors (Lipinski definition) is 4. The van der Waals surface area contributed by atoms with Crippen LogP contribution in [0.4, 0.5) is 0 Å². The average Bonchev–Trinajstić information content (AvgIpc) is 2.56. The highest BCUT2D eigenvalue weighted by molar-refractivity contribution is 5.47. The van der Waals surface area contributed by atoms with Gasteiger partial charge in [-0.15, -0.1) is 0 Å². The van der Waals surface area contributed by atoms with Gasteiger partial charge in [0.1, 0.15) is 13.2 Å². The molecule has 1 atom stereocenters. The molecule has 4 nitrogen and oxygen atoms in total. The van der Waals surface area contributed by atoms with Gasteiger partial charge in [-0.3, -0.25) is 5.84 Å². The van der Waals surface area contributed by atoms with Gasteiger partial charge in [0, 0.05) is 0 Å². The Morgan fingerprint density at radius 3 is 2.62 bits per heavy atom. The summed E-state index contributed by atoms with van der Waals surface area (Å²) in [5.41, 5.74) is 6.47. The van der Waals surface area contributed by atoms with E-state index in [0.717, 1.165) is 23.5 Å². The standard InChI is InChI=1S/C17H20N2O2/c1-2-12-5-3-4-6-14(12)17(19-18)13-7-8-15-16(11-13)21-10-9-20-15/h3-8,11,17,19H,2,9-10,18H2,1H3. The molecule has 0 saturated carbocycles. The zero-order chi connectivity index (χ0) is 14.7. The first-order chi connectivity index (χ1) is 10.3. The molecule has 0 fully saturated rings. The Morgan fingerprint density at radius 1 is 1.10 bits per heavy atom. The van der Waals surface area contributed by atoms with Crippen LogP contribution in [0.5, 0.6) is 11.5 Å². The smallest absolute Gasteiger partial charge is 0.161 e. The lowest BCUT2D eigenvalue weighted by Gasteiger charge is -2.23. The van der Waals surface area contributed by atoms with Gasteiger partial charge in [-0.1, -0.05) is 37.3 Å². The molecular weight excluding hydrogens is 264 g/mol. The van der Waals surface area contributed by atoms with Gasteiger partial charge in [0.15, 0.2) is 11.5 Å². The quantitative estimate of drug-likeness (QED) is 0.669. The molecule has 1 aliphatic heterocycles. The fraction of sp³-hybridized carbons (Fsp3) is 0.294. The third-order valence-corrected chi connectivity index (χ3v) is 3.81. The van der Waals surface area contributed by atoms with Gasteiger partial charge >= 0.3 is 0 Å². The Kier molecular flexibility index (Phi) is 4.08. The Balaban J connectivity index is 2.00. The van der Waals surface area contributed by atoms with Gasteiger partial charge in [-0.25, -0.2) is 5.43 Å². The molecule has 0 saturated heterocycles. The molecule has 1 heterocycles. The van der Waals surface area contributed by atoms with E-state index in [-0.39, 0.29) is 6.04 Å². The van der Waals surface area contributed by atoms with E-state index in [9.17, 15) is 0 Å². The van der Waals surface area contributed by atoms with E-state index in [0.29, 0.717) is 13.2 Å². The zero-order valence-corrected chi connectivity index (χ0v) is 12.1. The van der Waals surface area contributed by atoms with Crippen molar-refractivity contribution in [2.45, 2.75) is 19.4 Å². The summed E-state index contributed by atoms with van der Waals surface area (Å²) < 4.78 is 11.2. The van der Waals surface area contributed by atoms with Crippen molar-refractivity contribution in [2.24, 2.45) is 5.84 Å². The summed E-state index contributed by atoms with van der Waals surface area (Å²) >= 11 is 0. The summed E-state index contributed by atoms with van der Waals surface area (Å²) in [5.74, 6) is 7.40. The van der Waals surface area contributed by atoms with Crippen LogP contribution in [0.3, 0.4) is 0 Å². The monoisotopic (exact) mass is 284 g/mol. The van der Waals surface area contributed by atoms with Crippen molar-refractivity contribution >= 4 is 0 Å². The Morgan fingerprint density at radius 2 is 1.86 bits per heavy atom. The van der Waals surface area contributed by atoms with Gasteiger partial charge in [0.25, 0.3) is 0 Å². The fourth-order valence-corrected chi connectivity index (χ4v) is 2.74. The lowest BCUT2D eigenvalue weighted by Crippen LogP contribution is -2.29. The van der Waals surface area contributed by atoms with Crippen molar-refractivity contribution in [3.63, 3.8) is 0 Å². The first-order valence-electron chi connectivity index (χ1n) is 7.27. The number of nitrogens with one attached hydrogen (secondary N) is 1. The van der Waals surface area contributed by atoms with E-state index in [1.54, 1.807) is 0 Å². The van der Waals surface area contributed by atoms with E-state index >= 15 is 0 Å². The maximum absolute atomic E-state index is 5.81. The third kappa shape index (κ3) is 2.73. The van der Waals surface area contributed by atoms with E-state index in [2.05, 4.69) is 30.5 Å². The summed E-state index contributed by atoms with van der Waals surface area (Å²) in [4.78, 5) is 0. The van der Waals surface area contributed by atoms with E-state index in [1.165, 1.54) is 11.1 Å². The molecule has 0 radical (unpaired) electrons. The highest BCUT2D eigenvalue weighted by Gasteiger charge is 2.19. The second-order valence-electron chi connectivity index (χ2n) is 5.06. The number of fused-ring (bicyclic) bond motifs is 1. The highest BCUT2D eigenvalue weighted by atomic mass is 16.6. The molecule has 110 valence electrons. The second kappa shape index (κ2) is 6.16. The number of hydrazine groups is 1. The number of hydrogen-bond donors (Lipinski definition) is 2. The molecule has 0 spiro atoms. The van der Waals surface area contributed by atoms with Crippen LogP contribution >= 0.6 is 0 Å². The Bertz CT molecular complexity index is 628. The first kappa shape index (κ1) is 13.9. The van der Waals surface area contributed by atoms with Crippen molar-refractivity contribution < 1.29 is 9.47 Å². The first-order valence-corrected chi connectivity index (χ1v) is 7.27. The summed E-state index contributed by atoms with van der Waals surface area (Å²) in [6, 6.07) is 14.3. The Hall–Kier alpha value is -2.04. The van der Waals surface area contributed by atoms with E-state index < -0.39 is 0 Å². The van der Waals surface area contributed by atoms with Crippen LogP contribution in [0.2, 0.25) is 0 Å². The van der Waals surface area contributed by atoms with Gasteiger partial charge < -0.3 is 9.47 Å². The van der Waals surface area contributed by atoms with Crippen LogP contribution < -0.4 is 20.7 Å². The van der Waals surface area contributed by atoms with Crippen LogP contribution in [0.25, 0.3) is 0 Å². The number of nitrogens with two attached hydrogens (primary N) is 1. The predicted octanol–water partition coefficient (Wildman–Crippen LogP) is 2.57. The highest BCUT2D eigenvalue weighted by Crippen LogP contribution is 2.34. The maximum Gasteiger partial charge on any atom is 0.161 e. The van der Waals surface area contributed by atoms with Crippen LogP contribution in [0.15, 0.2) is 42.5 Å². The number of aryl methyl sites for hydroxylation is 1. The molecule has 2 aromatic rings. The fourth-order valence-electron chi connectivity index (χ4n) is 2.74. The van der Waals surface area contributed by atoms with Crippen LogP contribution in [-0.2, 0) is 6.42 Å². The topological polar surface area (TPSA) is 56.5 Å². The summed E-state index contributed by atoms with van der Waals surface area (Å²) in [5, 5.41) is 0. The SMILES string of the molecule is CCc1ccccc1C(NN)c1ccc2c(c1)OCCO2. The van der Waals surface area contributed by atoms with E-state index in [1.807, 2.05) is 24.3 Å². The minimum atomic E-state index is -0.0584. The van der Waals surface area contributed by atoms with E-state index in [4.69, 9.17) is 15.3 Å². The minimum absolute atomic E-state index is 0.0584. The normalized spacial score (nSPS) is 14.8. The number of rotatable bonds is 4. The molecule has 3 rings (SSSR count). The lowest BCUT2D eigenvalue weighted by atomic mass is 9.93. The summed E-state index contributed by atoms with van der Waals surface area (Å²) in [6.45, 7) is 3.34. The van der Waals surface area contributed by atoms with Crippen molar-refractivity contribution in [3.8, 4) is 11.5 Å².